The lowest BCUT2D eigenvalue weighted by atomic mass is 9.73. The molecule has 98 valence electrons. The SMILES string of the molecule is CC(=O)N1CCC(CON)(c2ccccc2)CC1. The van der Waals surface area contributed by atoms with E-state index in [9.17, 15) is 4.79 Å². The summed E-state index contributed by atoms with van der Waals surface area (Å²) < 4.78 is 0. The smallest absolute Gasteiger partial charge is 0.219 e. The average molecular weight is 248 g/mol. The first-order valence-electron chi connectivity index (χ1n) is 6.31. The normalized spacial score (nSPS) is 18.7. The van der Waals surface area contributed by atoms with E-state index in [0.29, 0.717) is 6.61 Å². The highest BCUT2D eigenvalue weighted by Gasteiger charge is 2.37. The van der Waals surface area contributed by atoms with Crippen molar-refractivity contribution in [2.45, 2.75) is 25.2 Å². The monoisotopic (exact) mass is 248 g/mol. The molecule has 0 spiro atoms. The molecule has 1 aliphatic rings. The highest BCUT2D eigenvalue weighted by atomic mass is 16.6. The maximum Gasteiger partial charge on any atom is 0.219 e. The van der Waals surface area contributed by atoms with E-state index in [4.69, 9.17) is 10.7 Å². The molecule has 0 unspecified atom stereocenters. The van der Waals surface area contributed by atoms with Gasteiger partial charge in [-0.15, -0.1) is 0 Å². The average Bonchev–Trinajstić information content (AvgIpc) is 2.40. The van der Waals surface area contributed by atoms with E-state index < -0.39 is 0 Å². The van der Waals surface area contributed by atoms with Gasteiger partial charge in [0.1, 0.15) is 0 Å². The lowest BCUT2D eigenvalue weighted by Gasteiger charge is -2.41. The van der Waals surface area contributed by atoms with Gasteiger partial charge in [0.25, 0.3) is 0 Å². The minimum atomic E-state index is -0.0536. The number of rotatable bonds is 3. The molecule has 2 N–H and O–H groups in total. The largest absolute Gasteiger partial charge is 0.343 e. The first kappa shape index (κ1) is 13.1. The summed E-state index contributed by atoms with van der Waals surface area (Å²) >= 11 is 0. The molecular weight excluding hydrogens is 228 g/mol. The summed E-state index contributed by atoms with van der Waals surface area (Å²) in [5, 5.41) is 0. The van der Waals surface area contributed by atoms with Gasteiger partial charge in [0.15, 0.2) is 0 Å². The zero-order valence-electron chi connectivity index (χ0n) is 10.8. The number of likely N-dealkylation sites (tertiary alicyclic amines) is 1. The van der Waals surface area contributed by atoms with E-state index in [1.165, 1.54) is 5.56 Å². The third-order valence-corrected chi connectivity index (χ3v) is 3.91. The van der Waals surface area contributed by atoms with E-state index in [2.05, 4.69) is 12.1 Å². The molecule has 1 heterocycles. The van der Waals surface area contributed by atoms with Gasteiger partial charge in [-0.25, -0.2) is 5.90 Å². The molecule has 18 heavy (non-hydrogen) atoms. The van der Waals surface area contributed by atoms with E-state index >= 15 is 0 Å². The molecule has 4 nitrogen and oxygen atoms in total. The zero-order valence-corrected chi connectivity index (χ0v) is 10.8. The summed E-state index contributed by atoms with van der Waals surface area (Å²) in [6.45, 7) is 3.67. The number of carbonyl (C=O) groups is 1. The Morgan fingerprint density at radius 2 is 1.94 bits per heavy atom. The van der Waals surface area contributed by atoms with Crippen LogP contribution in [0, 0.1) is 0 Å². The van der Waals surface area contributed by atoms with Crippen LogP contribution in [-0.4, -0.2) is 30.5 Å². The van der Waals surface area contributed by atoms with Crippen molar-refractivity contribution in [3.05, 3.63) is 35.9 Å². The van der Waals surface area contributed by atoms with E-state index in [0.717, 1.165) is 25.9 Å². The van der Waals surface area contributed by atoms with Crippen LogP contribution in [0.15, 0.2) is 30.3 Å². The Morgan fingerprint density at radius 1 is 1.33 bits per heavy atom. The first-order valence-corrected chi connectivity index (χ1v) is 6.31. The third kappa shape index (κ3) is 2.54. The van der Waals surface area contributed by atoms with Crippen LogP contribution in [0.2, 0.25) is 0 Å². The highest BCUT2D eigenvalue weighted by molar-refractivity contribution is 5.73. The molecule has 0 saturated carbocycles. The molecule has 1 aromatic carbocycles. The lowest BCUT2D eigenvalue weighted by Crippen LogP contribution is -2.47. The van der Waals surface area contributed by atoms with Crippen molar-refractivity contribution < 1.29 is 9.63 Å². The minimum Gasteiger partial charge on any atom is -0.343 e. The molecule has 1 amide bonds. The molecule has 0 aromatic heterocycles. The van der Waals surface area contributed by atoms with Gasteiger partial charge in [-0.2, -0.15) is 0 Å². The first-order chi connectivity index (χ1) is 8.68. The highest BCUT2D eigenvalue weighted by Crippen LogP contribution is 2.35. The van der Waals surface area contributed by atoms with Crippen molar-refractivity contribution in [3.63, 3.8) is 0 Å². The summed E-state index contributed by atoms with van der Waals surface area (Å²) in [5.41, 5.74) is 1.20. The van der Waals surface area contributed by atoms with Gasteiger partial charge in [0, 0.05) is 25.4 Å². The Labute approximate surface area is 108 Å². The van der Waals surface area contributed by atoms with E-state index in [1.54, 1.807) is 6.92 Å². The van der Waals surface area contributed by atoms with Gasteiger partial charge in [-0.3, -0.25) is 4.79 Å². The maximum atomic E-state index is 11.4. The minimum absolute atomic E-state index is 0.0536. The van der Waals surface area contributed by atoms with Crippen molar-refractivity contribution in [3.8, 4) is 0 Å². The maximum absolute atomic E-state index is 11.4. The predicted molar refractivity (Wildman–Crippen MR) is 69.7 cm³/mol. The standard InChI is InChI=1S/C14H20N2O2/c1-12(17)16-9-7-14(8-10-16,11-18-15)13-5-3-2-4-6-13/h2-6H,7-11,15H2,1H3. The van der Waals surface area contributed by atoms with Gasteiger partial charge < -0.3 is 9.74 Å². The summed E-state index contributed by atoms with van der Waals surface area (Å²) in [7, 11) is 0. The molecule has 2 rings (SSSR count). The third-order valence-electron chi connectivity index (χ3n) is 3.91. The molecule has 1 fully saturated rings. The van der Waals surface area contributed by atoms with Crippen LogP contribution in [0.5, 0.6) is 0 Å². The predicted octanol–water partition coefficient (Wildman–Crippen LogP) is 1.46. The second-order valence-electron chi connectivity index (χ2n) is 4.96. The van der Waals surface area contributed by atoms with Crippen LogP contribution in [-0.2, 0) is 15.0 Å². The fraction of sp³-hybridized carbons (Fsp3) is 0.500. The number of benzene rings is 1. The molecule has 0 atom stereocenters. The number of carbonyl (C=O) groups excluding carboxylic acids is 1. The summed E-state index contributed by atoms with van der Waals surface area (Å²) in [5.74, 6) is 5.44. The fourth-order valence-electron chi connectivity index (χ4n) is 2.72. The van der Waals surface area contributed by atoms with E-state index in [1.807, 2.05) is 23.1 Å². The van der Waals surface area contributed by atoms with Crippen LogP contribution in [0.25, 0.3) is 0 Å². The quantitative estimate of drug-likeness (QED) is 0.824. The van der Waals surface area contributed by atoms with Crippen molar-refractivity contribution in [2.75, 3.05) is 19.7 Å². The Morgan fingerprint density at radius 3 is 2.44 bits per heavy atom. The van der Waals surface area contributed by atoms with Gasteiger partial charge in [-0.1, -0.05) is 30.3 Å². The number of nitrogens with two attached hydrogens (primary N) is 1. The molecule has 1 saturated heterocycles. The second kappa shape index (κ2) is 5.50. The fourth-order valence-corrected chi connectivity index (χ4v) is 2.72. The number of amides is 1. The topological polar surface area (TPSA) is 55.6 Å². The van der Waals surface area contributed by atoms with Crippen LogP contribution in [0.1, 0.15) is 25.3 Å². The van der Waals surface area contributed by atoms with Crippen molar-refractivity contribution in [1.29, 1.82) is 0 Å². The number of piperidine rings is 1. The number of nitrogens with zero attached hydrogens (tertiary/aromatic N) is 1. The molecule has 0 bridgehead atoms. The van der Waals surface area contributed by atoms with Crippen LogP contribution >= 0.6 is 0 Å². The van der Waals surface area contributed by atoms with Gasteiger partial charge >= 0.3 is 0 Å². The number of hydrogen-bond acceptors (Lipinski definition) is 3. The second-order valence-corrected chi connectivity index (χ2v) is 4.96. The number of hydrogen-bond donors (Lipinski definition) is 1. The van der Waals surface area contributed by atoms with Gasteiger partial charge in [0.05, 0.1) is 6.61 Å². The molecule has 4 heteroatoms. The summed E-state index contributed by atoms with van der Waals surface area (Å²) in [4.78, 5) is 18.2. The Balaban J connectivity index is 2.18. The van der Waals surface area contributed by atoms with Crippen molar-refractivity contribution >= 4 is 5.91 Å². The van der Waals surface area contributed by atoms with Gasteiger partial charge in [0.2, 0.25) is 5.91 Å². The summed E-state index contributed by atoms with van der Waals surface area (Å²) in [6, 6.07) is 10.3. The van der Waals surface area contributed by atoms with Gasteiger partial charge in [-0.05, 0) is 18.4 Å². The van der Waals surface area contributed by atoms with Crippen LogP contribution in [0.4, 0.5) is 0 Å². The van der Waals surface area contributed by atoms with Crippen LogP contribution in [0.3, 0.4) is 0 Å². The lowest BCUT2D eigenvalue weighted by molar-refractivity contribution is -0.130. The molecule has 1 aliphatic heterocycles. The molecule has 0 radical (unpaired) electrons. The van der Waals surface area contributed by atoms with Crippen LogP contribution < -0.4 is 5.90 Å². The zero-order chi connectivity index (χ0) is 13.0. The Hall–Kier alpha value is -1.39. The molecule has 0 aliphatic carbocycles. The Bertz CT molecular complexity index is 398. The molecule has 1 aromatic rings. The van der Waals surface area contributed by atoms with Crippen molar-refractivity contribution in [1.82, 2.24) is 4.90 Å². The van der Waals surface area contributed by atoms with E-state index in [-0.39, 0.29) is 11.3 Å². The molecular formula is C14H20N2O2. The Kier molecular flexibility index (Phi) is 3.99. The van der Waals surface area contributed by atoms with Crippen molar-refractivity contribution in [2.24, 2.45) is 5.90 Å². The summed E-state index contributed by atoms with van der Waals surface area (Å²) in [6.07, 6.45) is 1.79.